The van der Waals surface area contributed by atoms with Crippen LogP contribution in [0.3, 0.4) is 0 Å². The average molecular weight is 397 g/mol. The number of fused-ring (bicyclic) bond motifs is 1. The third-order valence-corrected chi connectivity index (χ3v) is 5.49. The minimum atomic E-state index is -0.861. The minimum Gasteiger partial charge on any atom is -0.353 e. The van der Waals surface area contributed by atoms with Gasteiger partial charge in [0.2, 0.25) is 0 Å². The number of thiophene rings is 1. The Morgan fingerprint density at radius 1 is 1.07 bits per heavy atom. The molecular formula is C21H17F2N3OS. The number of hydrogen-bond donors (Lipinski definition) is 1. The summed E-state index contributed by atoms with van der Waals surface area (Å²) in [5.74, 6) is -1.85. The van der Waals surface area contributed by atoms with E-state index in [9.17, 15) is 13.6 Å². The lowest BCUT2D eigenvalue weighted by Gasteiger charge is -2.22. The Labute approximate surface area is 165 Å². The zero-order valence-corrected chi connectivity index (χ0v) is 15.7. The van der Waals surface area contributed by atoms with Gasteiger partial charge in [0, 0.05) is 13.1 Å². The van der Waals surface area contributed by atoms with Crippen molar-refractivity contribution in [3.63, 3.8) is 0 Å². The largest absolute Gasteiger partial charge is 0.353 e. The summed E-state index contributed by atoms with van der Waals surface area (Å²) in [5, 5.41) is 2.92. The Bertz CT molecular complexity index is 1030. The molecule has 0 saturated carbocycles. The van der Waals surface area contributed by atoms with Crippen LogP contribution in [0.1, 0.15) is 25.7 Å². The number of amides is 1. The fraction of sp³-hybridized carbons (Fsp3) is 0.143. The highest BCUT2D eigenvalue weighted by atomic mass is 32.1. The second kappa shape index (κ2) is 7.90. The van der Waals surface area contributed by atoms with Gasteiger partial charge in [0.25, 0.3) is 5.91 Å². The first-order chi connectivity index (χ1) is 13.6. The molecule has 4 nitrogen and oxygen atoms in total. The molecule has 3 aromatic rings. The number of nitrogens with zero attached hydrogens (tertiary/aromatic N) is 2. The van der Waals surface area contributed by atoms with Gasteiger partial charge in [-0.1, -0.05) is 36.4 Å². The van der Waals surface area contributed by atoms with Crippen molar-refractivity contribution >= 4 is 29.3 Å². The SMILES string of the molecule is O=C(NCc1ccccc1)c1cc2c(s1)CN(Cc1ccc(F)c(F)c1)C=N2. The van der Waals surface area contributed by atoms with E-state index in [0.29, 0.717) is 30.1 Å². The number of rotatable bonds is 5. The zero-order valence-electron chi connectivity index (χ0n) is 14.9. The molecule has 1 aliphatic rings. The van der Waals surface area contributed by atoms with Gasteiger partial charge < -0.3 is 10.2 Å². The molecule has 0 unspecified atom stereocenters. The van der Waals surface area contributed by atoms with E-state index in [4.69, 9.17) is 0 Å². The molecule has 0 radical (unpaired) electrons. The second-order valence-electron chi connectivity index (χ2n) is 6.49. The van der Waals surface area contributed by atoms with Crippen LogP contribution in [0.2, 0.25) is 0 Å². The highest BCUT2D eigenvalue weighted by molar-refractivity contribution is 7.14. The highest BCUT2D eigenvalue weighted by Crippen LogP contribution is 2.33. The topological polar surface area (TPSA) is 44.7 Å². The number of aliphatic imine (C=N–C) groups is 1. The Morgan fingerprint density at radius 3 is 2.68 bits per heavy atom. The van der Waals surface area contributed by atoms with Crippen molar-refractivity contribution in [2.24, 2.45) is 4.99 Å². The molecular weight excluding hydrogens is 380 g/mol. The fourth-order valence-corrected chi connectivity index (χ4v) is 4.00. The zero-order chi connectivity index (χ0) is 19.5. The van der Waals surface area contributed by atoms with Crippen LogP contribution in [0.5, 0.6) is 0 Å². The number of benzene rings is 2. The third-order valence-electron chi connectivity index (χ3n) is 4.38. The van der Waals surface area contributed by atoms with Gasteiger partial charge in [0.1, 0.15) is 0 Å². The summed E-state index contributed by atoms with van der Waals surface area (Å²) in [6.45, 7) is 1.44. The molecule has 2 aromatic carbocycles. The maximum atomic E-state index is 13.4. The van der Waals surface area contributed by atoms with Crippen molar-refractivity contribution in [2.75, 3.05) is 0 Å². The van der Waals surface area contributed by atoms with E-state index in [2.05, 4.69) is 10.3 Å². The summed E-state index contributed by atoms with van der Waals surface area (Å²) in [6.07, 6.45) is 1.67. The van der Waals surface area contributed by atoms with Gasteiger partial charge in [-0.2, -0.15) is 0 Å². The van der Waals surface area contributed by atoms with E-state index in [1.54, 1.807) is 18.5 Å². The van der Waals surface area contributed by atoms with Gasteiger partial charge in [-0.3, -0.25) is 4.79 Å². The molecule has 4 rings (SSSR count). The van der Waals surface area contributed by atoms with Crippen LogP contribution in [0.4, 0.5) is 14.5 Å². The molecule has 0 spiro atoms. The van der Waals surface area contributed by atoms with Crippen molar-refractivity contribution in [1.29, 1.82) is 0 Å². The van der Waals surface area contributed by atoms with Gasteiger partial charge in [-0.05, 0) is 29.3 Å². The average Bonchev–Trinajstić information content (AvgIpc) is 3.13. The summed E-state index contributed by atoms with van der Waals surface area (Å²) in [7, 11) is 0. The number of carbonyl (C=O) groups is 1. The predicted octanol–water partition coefficient (Wildman–Crippen LogP) is 4.63. The van der Waals surface area contributed by atoms with Crippen LogP contribution in [0, 0.1) is 11.6 Å². The summed E-state index contributed by atoms with van der Waals surface area (Å²) in [6, 6.07) is 15.4. The normalized spacial score (nSPS) is 12.7. The third kappa shape index (κ3) is 4.09. The molecule has 0 fully saturated rings. The Kier molecular flexibility index (Phi) is 5.16. The molecule has 7 heteroatoms. The number of halogens is 2. The predicted molar refractivity (Wildman–Crippen MR) is 106 cm³/mol. The first kappa shape index (κ1) is 18.3. The van der Waals surface area contributed by atoms with E-state index < -0.39 is 11.6 Å². The van der Waals surface area contributed by atoms with Crippen LogP contribution in [-0.2, 0) is 19.6 Å². The number of carbonyl (C=O) groups excluding carboxylic acids is 1. The first-order valence-corrected chi connectivity index (χ1v) is 9.57. The monoisotopic (exact) mass is 397 g/mol. The van der Waals surface area contributed by atoms with E-state index >= 15 is 0 Å². The fourth-order valence-electron chi connectivity index (χ4n) is 2.96. The van der Waals surface area contributed by atoms with E-state index in [1.807, 2.05) is 35.2 Å². The Hall–Kier alpha value is -3.06. The van der Waals surface area contributed by atoms with Crippen molar-refractivity contribution in [1.82, 2.24) is 10.2 Å². The van der Waals surface area contributed by atoms with Crippen LogP contribution >= 0.6 is 11.3 Å². The summed E-state index contributed by atoms with van der Waals surface area (Å²) < 4.78 is 26.5. The molecule has 0 bridgehead atoms. The minimum absolute atomic E-state index is 0.134. The van der Waals surface area contributed by atoms with E-state index in [1.165, 1.54) is 17.4 Å². The number of hydrogen-bond acceptors (Lipinski definition) is 4. The van der Waals surface area contributed by atoms with Crippen molar-refractivity contribution in [2.45, 2.75) is 19.6 Å². The molecule has 0 saturated heterocycles. The molecule has 0 atom stereocenters. The number of nitrogens with one attached hydrogen (secondary N) is 1. The Balaban J connectivity index is 1.40. The summed E-state index contributed by atoms with van der Waals surface area (Å²) in [5.41, 5.74) is 2.47. The standard InChI is InChI=1S/C21H17F2N3OS/c22-16-7-6-15(8-17(16)23)11-26-12-20-18(25-13-26)9-19(28-20)21(27)24-10-14-4-2-1-3-5-14/h1-9,13H,10-12H2,(H,24,27). The molecule has 1 aliphatic heterocycles. The van der Waals surface area contributed by atoms with Crippen LogP contribution in [0.15, 0.2) is 59.6 Å². The van der Waals surface area contributed by atoms with E-state index in [-0.39, 0.29) is 5.91 Å². The Morgan fingerprint density at radius 2 is 1.89 bits per heavy atom. The molecule has 0 aliphatic carbocycles. The van der Waals surface area contributed by atoms with Crippen molar-refractivity contribution in [3.8, 4) is 0 Å². The summed E-state index contributed by atoms with van der Waals surface area (Å²) in [4.78, 5) is 20.3. The molecule has 2 heterocycles. The molecule has 1 aromatic heterocycles. The second-order valence-corrected chi connectivity index (χ2v) is 7.62. The van der Waals surface area contributed by atoms with Crippen LogP contribution < -0.4 is 5.32 Å². The molecule has 142 valence electrons. The molecule has 28 heavy (non-hydrogen) atoms. The van der Waals surface area contributed by atoms with Gasteiger partial charge in [0.15, 0.2) is 11.6 Å². The van der Waals surface area contributed by atoms with Gasteiger partial charge >= 0.3 is 0 Å². The van der Waals surface area contributed by atoms with Crippen LogP contribution in [-0.4, -0.2) is 17.1 Å². The lowest BCUT2D eigenvalue weighted by molar-refractivity contribution is 0.0955. The van der Waals surface area contributed by atoms with Gasteiger partial charge in [0.05, 0.1) is 28.3 Å². The van der Waals surface area contributed by atoms with Crippen molar-refractivity contribution in [3.05, 3.63) is 87.1 Å². The van der Waals surface area contributed by atoms with Crippen molar-refractivity contribution < 1.29 is 13.6 Å². The lowest BCUT2D eigenvalue weighted by atomic mass is 10.2. The lowest BCUT2D eigenvalue weighted by Crippen LogP contribution is -2.22. The quantitative estimate of drug-likeness (QED) is 0.682. The van der Waals surface area contributed by atoms with Gasteiger partial charge in [-0.15, -0.1) is 11.3 Å². The molecule has 1 amide bonds. The summed E-state index contributed by atoms with van der Waals surface area (Å²) >= 11 is 1.40. The smallest absolute Gasteiger partial charge is 0.261 e. The van der Waals surface area contributed by atoms with Gasteiger partial charge in [-0.25, -0.2) is 13.8 Å². The highest BCUT2D eigenvalue weighted by Gasteiger charge is 2.19. The molecule has 1 N–H and O–H groups in total. The van der Waals surface area contributed by atoms with E-state index in [0.717, 1.165) is 22.2 Å². The van der Waals surface area contributed by atoms with Crippen LogP contribution in [0.25, 0.3) is 0 Å². The maximum absolute atomic E-state index is 13.4. The maximum Gasteiger partial charge on any atom is 0.261 e. The first-order valence-electron chi connectivity index (χ1n) is 8.75.